The van der Waals surface area contributed by atoms with Gasteiger partial charge < -0.3 is 0 Å². The third-order valence-corrected chi connectivity index (χ3v) is 1.49. The maximum atomic E-state index is 12.9. The van der Waals surface area contributed by atoms with E-state index in [1.807, 2.05) is 0 Å². The highest BCUT2D eigenvalue weighted by Crippen LogP contribution is 2.15. The minimum atomic E-state index is -0.707. The Morgan fingerprint density at radius 2 is 1.83 bits per heavy atom. The molecule has 1 N–H and O–H groups in total. The minimum absolute atomic E-state index is 0.261. The molecule has 0 radical (unpaired) electrons. The molecule has 0 spiro atoms. The molecule has 0 unspecified atom stereocenters. The largest absolute Gasteiger partial charge is 0.251 e. The van der Waals surface area contributed by atoms with Crippen molar-refractivity contribution in [1.29, 1.82) is 0 Å². The SMILES string of the molecule is Cc1cc(F)c(COO)c(F)c1. The van der Waals surface area contributed by atoms with Crippen molar-refractivity contribution >= 4 is 0 Å². The van der Waals surface area contributed by atoms with Gasteiger partial charge >= 0.3 is 0 Å². The first-order valence-corrected chi connectivity index (χ1v) is 3.36. The van der Waals surface area contributed by atoms with E-state index in [0.29, 0.717) is 5.56 Å². The summed E-state index contributed by atoms with van der Waals surface area (Å²) in [6.07, 6.45) is 0. The van der Waals surface area contributed by atoms with Gasteiger partial charge in [0.05, 0.1) is 5.56 Å². The molecule has 1 aromatic rings. The Balaban J connectivity index is 3.10. The molecule has 0 aliphatic heterocycles. The van der Waals surface area contributed by atoms with E-state index in [2.05, 4.69) is 4.89 Å². The number of hydrogen-bond donors (Lipinski definition) is 1. The fraction of sp³-hybridized carbons (Fsp3) is 0.250. The molecular formula is C8H8F2O2. The number of halogens is 2. The van der Waals surface area contributed by atoms with Crippen molar-refractivity contribution in [1.82, 2.24) is 0 Å². The highest BCUT2D eigenvalue weighted by atomic mass is 19.1. The molecule has 0 heterocycles. The number of rotatable bonds is 2. The zero-order valence-electron chi connectivity index (χ0n) is 6.47. The van der Waals surface area contributed by atoms with Crippen LogP contribution in [-0.2, 0) is 11.5 Å². The fourth-order valence-corrected chi connectivity index (χ4v) is 0.932. The van der Waals surface area contributed by atoms with Crippen LogP contribution in [0.4, 0.5) is 8.78 Å². The smallest absolute Gasteiger partial charge is 0.132 e. The van der Waals surface area contributed by atoms with Gasteiger partial charge in [-0.15, -0.1) is 0 Å². The lowest BCUT2D eigenvalue weighted by atomic mass is 10.1. The molecule has 0 amide bonds. The first-order chi connectivity index (χ1) is 5.65. The van der Waals surface area contributed by atoms with E-state index in [-0.39, 0.29) is 5.56 Å². The minimum Gasteiger partial charge on any atom is -0.251 e. The van der Waals surface area contributed by atoms with Gasteiger partial charge in [0, 0.05) is 0 Å². The Bertz CT molecular complexity index is 263. The van der Waals surface area contributed by atoms with E-state index in [4.69, 9.17) is 5.26 Å². The average molecular weight is 174 g/mol. The molecule has 4 heteroatoms. The predicted molar refractivity (Wildman–Crippen MR) is 38.5 cm³/mol. The maximum absolute atomic E-state index is 12.9. The van der Waals surface area contributed by atoms with Crippen LogP contribution in [0.3, 0.4) is 0 Å². The van der Waals surface area contributed by atoms with Crippen molar-refractivity contribution in [3.05, 3.63) is 34.9 Å². The van der Waals surface area contributed by atoms with E-state index in [1.165, 1.54) is 12.1 Å². The quantitative estimate of drug-likeness (QED) is 0.550. The summed E-state index contributed by atoms with van der Waals surface area (Å²) in [5, 5.41) is 8.00. The van der Waals surface area contributed by atoms with Crippen molar-refractivity contribution in [2.75, 3.05) is 0 Å². The van der Waals surface area contributed by atoms with Gasteiger partial charge in [-0.1, -0.05) is 0 Å². The van der Waals surface area contributed by atoms with Crippen LogP contribution >= 0.6 is 0 Å². The summed E-state index contributed by atoms with van der Waals surface area (Å²) in [5.74, 6) is -1.41. The Morgan fingerprint density at radius 3 is 2.25 bits per heavy atom. The third kappa shape index (κ3) is 1.78. The van der Waals surface area contributed by atoms with Crippen LogP contribution < -0.4 is 0 Å². The standard InChI is InChI=1S/C8H8F2O2/c1-5-2-7(9)6(4-12-11)8(10)3-5/h2-3,11H,4H2,1H3. The molecule has 0 aliphatic carbocycles. The van der Waals surface area contributed by atoms with Crippen molar-refractivity contribution in [3.8, 4) is 0 Å². The Hall–Kier alpha value is -1.00. The normalized spacial score (nSPS) is 10.3. The summed E-state index contributed by atoms with van der Waals surface area (Å²) in [6.45, 7) is 1.10. The summed E-state index contributed by atoms with van der Waals surface area (Å²) in [6, 6.07) is 2.36. The molecule has 1 aromatic carbocycles. The highest BCUT2D eigenvalue weighted by molar-refractivity contribution is 5.24. The third-order valence-electron chi connectivity index (χ3n) is 1.49. The summed E-state index contributed by atoms with van der Waals surface area (Å²) in [7, 11) is 0. The molecule has 12 heavy (non-hydrogen) atoms. The Kier molecular flexibility index (Phi) is 2.73. The van der Waals surface area contributed by atoms with Gasteiger partial charge in [-0.05, 0) is 24.6 Å². The summed E-state index contributed by atoms with van der Waals surface area (Å²) < 4.78 is 25.7. The molecule has 0 fully saturated rings. The van der Waals surface area contributed by atoms with E-state index >= 15 is 0 Å². The summed E-state index contributed by atoms with van der Waals surface area (Å²) in [5.41, 5.74) is 0.231. The Labute approximate surface area is 68.3 Å². The van der Waals surface area contributed by atoms with Gasteiger partial charge in [-0.25, -0.2) is 13.7 Å². The van der Waals surface area contributed by atoms with Gasteiger partial charge in [-0.2, -0.15) is 0 Å². The molecule has 1 rings (SSSR count). The van der Waals surface area contributed by atoms with Crippen molar-refractivity contribution < 1.29 is 18.9 Å². The first-order valence-electron chi connectivity index (χ1n) is 3.36. The average Bonchev–Trinajstić information content (AvgIpc) is 1.96. The fourth-order valence-electron chi connectivity index (χ4n) is 0.932. The first kappa shape index (κ1) is 9.09. The van der Waals surface area contributed by atoms with Crippen LogP contribution in [0.25, 0.3) is 0 Å². The van der Waals surface area contributed by atoms with Crippen LogP contribution in [0.2, 0.25) is 0 Å². The second-order valence-corrected chi connectivity index (χ2v) is 2.48. The lowest BCUT2D eigenvalue weighted by Gasteiger charge is -2.03. The molecule has 0 atom stereocenters. The molecular weight excluding hydrogens is 166 g/mol. The topological polar surface area (TPSA) is 29.5 Å². The molecule has 0 aromatic heterocycles. The molecule has 0 bridgehead atoms. The molecule has 66 valence electrons. The summed E-state index contributed by atoms with van der Waals surface area (Å²) in [4.78, 5) is 3.65. The van der Waals surface area contributed by atoms with Gasteiger partial charge in [0.15, 0.2) is 0 Å². The molecule has 0 aliphatic rings. The molecule has 0 saturated carbocycles. The molecule has 2 nitrogen and oxygen atoms in total. The van der Waals surface area contributed by atoms with Crippen molar-refractivity contribution in [3.63, 3.8) is 0 Å². The van der Waals surface area contributed by atoms with Crippen LogP contribution in [0.5, 0.6) is 0 Å². The van der Waals surface area contributed by atoms with E-state index in [9.17, 15) is 8.78 Å². The lowest BCUT2D eigenvalue weighted by Crippen LogP contribution is -1.98. The summed E-state index contributed by atoms with van der Waals surface area (Å²) >= 11 is 0. The van der Waals surface area contributed by atoms with Gasteiger partial charge in [0.1, 0.15) is 18.2 Å². The van der Waals surface area contributed by atoms with Crippen molar-refractivity contribution in [2.24, 2.45) is 0 Å². The number of hydrogen-bond acceptors (Lipinski definition) is 2. The maximum Gasteiger partial charge on any atom is 0.132 e. The van der Waals surface area contributed by atoms with Gasteiger partial charge in [0.25, 0.3) is 0 Å². The van der Waals surface area contributed by atoms with E-state index in [0.717, 1.165) is 0 Å². The second-order valence-electron chi connectivity index (χ2n) is 2.48. The van der Waals surface area contributed by atoms with Gasteiger partial charge in [-0.3, -0.25) is 5.26 Å². The number of aryl methyl sites for hydroxylation is 1. The second kappa shape index (κ2) is 3.60. The van der Waals surface area contributed by atoms with Crippen molar-refractivity contribution in [2.45, 2.75) is 13.5 Å². The Morgan fingerprint density at radius 1 is 1.33 bits per heavy atom. The highest BCUT2D eigenvalue weighted by Gasteiger charge is 2.09. The zero-order chi connectivity index (χ0) is 9.14. The van der Waals surface area contributed by atoms with Crippen LogP contribution in [0.1, 0.15) is 11.1 Å². The number of benzene rings is 1. The van der Waals surface area contributed by atoms with E-state index in [1.54, 1.807) is 6.92 Å². The van der Waals surface area contributed by atoms with Crippen LogP contribution in [-0.4, -0.2) is 5.26 Å². The zero-order valence-corrected chi connectivity index (χ0v) is 6.47. The van der Waals surface area contributed by atoms with Crippen LogP contribution in [0.15, 0.2) is 12.1 Å². The monoisotopic (exact) mass is 174 g/mol. The van der Waals surface area contributed by atoms with Crippen LogP contribution in [0, 0.1) is 18.6 Å². The molecule has 0 saturated heterocycles. The van der Waals surface area contributed by atoms with Gasteiger partial charge in [0.2, 0.25) is 0 Å². The lowest BCUT2D eigenvalue weighted by molar-refractivity contribution is -0.253. The predicted octanol–water partition coefficient (Wildman–Crippen LogP) is 2.26. The van der Waals surface area contributed by atoms with E-state index < -0.39 is 18.2 Å².